The number of carbonyl (C=O) groups is 2. The molecule has 3 rings (SSSR count). The molecule has 2 heterocycles. The van der Waals surface area contributed by atoms with Gasteiger partial charge in [-0.05, 0) is 38.5 Å². The lowest BCUT2D eigenvalue weighted by molar-refractivity contribution is -0.113. The summed E-state index contributed by atoms with van der Waals surface area (Å²) in [6.07, 6.45) is -0.393. The van der Waals surface area contributed by atoms with Gasteiger partial charge < -0.3 is 19.5 Å². The Bertz CT molecular complexity index is 1180. The van der Waals surface area contributed by atoms with Crippen molar-refractivity contribution in [3.05, 3.63) is 45.2 Å². The van der Waals surface area contributed by atoms with Crippen LogP contribution in [0.4, 0.5) is 5.13 Å². The quantitative estimate of drug-likeness (QED) is 0.456. The molecule has 0 aliphatic carbocycles. The van der Waals surface area contributed by atoms with E-state index in [9.17, 15) is 9.59 Å². The zero-order valence-electron chi connectivity index (χ0n) is 19.2. The minimum Gasteiger partial charge on any atom is -0.481 e. The molecule has 0 saturated carbocycles. The van der Waals surface area contributed by atoms with Crippen LogP contribution in [0, 0.1) is 13.8 Å². The number of benzene rings is 1. The van der Waals surface area contributed by atoms with Crippen molar-refractivity contribution in [2.75, 3.05) is 25.2 Å². The second-order valence-electron chi connectivity index (χ2n) is 7.56. The van der Waals surface area contributed by atoms with Crippen LogP contribution in [0.5, 0.6) is 5.75 Å². The first kappa shape index (κ1) is 25.0. The van der Waals surface area contributed by atoms with E-state index < -0.39 is 6.10 Å². The minimum atomic E-state index is -0.393. The van der Waals surface area contributed by atoms with Crippen LogP contribution in [0.3, 0.4) is 0 Å². The first-order valence-corrected chi connectivity index (χ1v) is 12.2. The lowest BCUT2D eigenvalue weighted by Crippen LogP contribution is -2.21. The fourth-order valence-electron chi connectivity index (χ4n) is 2.89. The van der Waals surface area contributed by atoms with Gasteiger partial charge in [0.05, 0.1) is 16.5 Å². The number of carbonyl (C=O) groups excluding carboxylic acids is 2. The highest BCUT2D eigenvalue weighted by molar-refractivity contribution is 7.99. The van der Waals surface area contributed by atoms with Gasteiger partial charge in [-0.1, -0.05) is 40.8 Å². The van der Waals surface area contributed by atoms with E-state index in [0.717, 1.165) is 16.9 Å². The van der Waals surface area contributed by atoms with Gasteiger partial charge in [0.2, 0.25) is 5.91 Å². The van der Waals surface area contributed by atoms with E-state index in [1.807, 2.05) is 33.0 Å². The van der Waals surface area contributed by atoms with Crippen molar-refractivity contribution in [3.8, 4) is 5.75 Å². The summed E-state index contributed by atoms with van der Waals surface area (Å²) in [5.41, 5.74) is 1.62. The molecular formula is C21H25ClN6O3S2. The summed E-state index contributed by atoms with van der Waals surface area (Å²) >= 11 is 8.63. The van der Waals surface area contributed by atoms with E-state index in [4.69, 9.17) is 16.3 Å². The van der Waals surface area contributed by atoms with Crippen LogP contribution in [0.15, 0.2) is 23.4 Å². The highest BCUT2D eigenvalue weighted by atomic mass is 35.5. The van der Waals surface area contributed by atoms with Crippen LogP contribution in [0.2, 0.25) is 5.02 Å². The fourth-order valence-corrected chi connectivity index (χ4v) is 4.77. The SMILES string of the molecule is Cc1ccc(Cl)c(OC(C)c2nnc(SCC(=O)Nc3nc(C)c(C(=O)N(C)C)s3)n2C)c1. The highest BCUT2D eigenvalue weighted by Crippen LogP contribution is 2.30. The van der Waals surface area contributed by atoms with Crippen LogP contribution >= 0.6 is 34.7 Å². The molecule has 3 aromatic rings. The second-order valence-corrected chi connectivity index (χ2v) is 9.91. The third-order valence-electron chi connectivity index (χ3n) is 4.60. The number of amides is 2. The zero-order valence-corrected chi connectivity index (χ0v) is 21.6. The van der Waals surface area contributed by atoms with E-state index in [1.165, 1.54) is 16.7 Å². The van der Waals surface area contributed by atoms with Gasteiger partial charge >= 0.3 is 0 Å². The van der Waals surface area contributed by atoms with Gasteiger partial charge in [-0.2, -0.15) is 0 Å². The maximum atomic E-state index is 12.4. The predicted molar refractivity (Wildman–Crippen MR) is 130 cm³/mol. The maximum absolute atomic E-state index is 12.4. The van der Waals surface area contributed by atoms with Gasteiger partial charge in [-0.25, -0.2) is 4.98 Å². The summed E-state index contributed by atoms with van der Waals surface area (Å²) in [5.74, 6) is 0.901. The molecule has 0 aliphatic heterocycles. The van der Waals surface area contributed by atoms with Gasteiger partial charge in [-0.15, -0.1) is 10.2 Å². The molecule has 1 unspecified atom stereocenters. The summed E-state index contributed by atoms with van der Waals surface area (Å²) < 4.78 is 7.76. The summed E-state index contributed by atoms with van der Waals surface area (Å²) in [5, 5.41) is 12.6. The molecule has 2 amide bonds. The Kier molecular flexibility index (Phi) is 7.98. The van der Waals surface area contributed by atoms with Crippen molar-refractivity contribution in [3.63, 3.8) is 0 Å². The molecule has 33 heavy (non-hydrogen) atoms. The Balaban J connectivity index is 1.60. The Hall–Kier alpha value is -2.63. The van der Waals surface area contributed by atoms with Crippen LogP contribution in [-0.4, -0.2) is 56.3 Å². The third kappa shape index (κ3) is 6.04. The number of hydrogen-bond acceptors (Lipinski definition) is 8. The molecule has 1 aromatic carbocycles. The molecule has 12 heteroatoms. The van der Waals surface area contributed by atoms with Gasteiger partial charge in [0.15, 0.2) is 22.2 Å². The number of thiazole rings is 1. The van der Waals surface area contributed by atoms with Gasteiger partial charge in [0, 0.05) is 21.1 Å². The molecule has 0 radical (unpaired) electrons. The Morgan fingerprint density at radius 3 is 2.73 bits per heavy atom. The molecule has 0 fully saturated rings. The van der Waals surface area contributed by atoms with Crippen LogP contribution in [0.25, 0.3) is 0 Å². The largest absolute Gasteiger partial charge is 0.481 e. The molecule has 1 atom stereocenters. The van der Waals surface area contributed by atoms with Gasteiger partial charge in [0.1, 0.15) is 10.6 Å². The van der Waals surface area contributed by atoms with Crippen molar-refractivity contribution in [1.82, 2.24) is 24.6 Å². The lowest BCUT2D eigenvalue weighted by atomic mass is 10.2. The second kappa shape index (κ2) is 10.5. The number of aryl methyl sites for hydroxylation is 2. The van der Waals surface area contributed by atoms with E-state index in [2.05, 4.69) is 20.5 Å². The highest BCUT2D eigenvalue weighted by Gasteiger charge is 2.20. The Labute approximate surface area is 205 Å². The Morgan fingerprint density at radius 1 is 1.30 bits per heavy atom. The maximum Gasteiger partial charge on any atom is 0.265 e. The van der Waals surface area contributed by atoms with E-state index in [-0.39, 0.29) is 17.6 Å². The molecule has 0 bridgehead atoms. The monoisotopic (exact) mass is 508 g/mol. The summed E-state index contributed by atoms with van der Waals surface area (Å²) in [4.78, 5) is 30.8. The smallest absolute Gasteiger partial charge is 0.265 e. The average Bonchev–Trinajstić information content (AvgIpc) is 3.30. The number of ether oxygens (including phenoxy) is 1. The van der Waals surface area contributed by atoms with Crippen LogP contribution in [-0.2, 0) is 11.8 Å². The van der Waals surface area contributed by atoms with Gasteiger partial charge in [-0.3, -0.25) is 9.59 Å². The molecule has 176 valence electrons. The lowest BCUT2D eigenvalue weighted by Gasteiger charge is -2.15. The first-order valence-electron chi connectivity index (χ1n) is 10.0. The zero-order chi connectivity index (χ0) is 24.3. The number of nitrogens with zero attached hydrogens (tertiary/aromatic N) is 5. The third-order valence-corrected chi connectivity index (χ3v) is 6.99. The standard InChI is InChI=1S/C21H25ClN6O3S2/c1-11-7-8-14(22)15(9-11)31-13(3)18-25-26-21(28(18)6)32-10-16(29)24-20-23-12(2)17(33-20)19(30)27(4)5/h7-9,13H,10H2,1-6H3,(H,23,24,29). The van der Waals surface area contributed by atoms with E-state index >= 15 is 0 Å². The molecule has 9 nitrogen and oxygen atoms in total. The Morgan fingerprint density at radius 2 is 2.03 bits per heavy atom. The van der Waals surface area contributed by atoms with Crippen molar-refractivity contribution in [1.29, 1.82) is 0 Å². The summed E-state index contributed by atoms with van der Waals surface area (Å²) in [6, 6.07) is 5.57. The first-order chi connectivity index (χ1) is 15.6. The van der Waals surface area contributed by atoms with E-state index in [1.54, 1.807) is 31.7 Å². The van der Waals surface area contributed by atoms with Crippen molar-refractivity contribution in [2.24, 2.45) is 7.05 Å². The summed E-state index contributed by atoms with van der Waals surface area (Å²) in [7, 11) is 5.16. The van der Waals surface area contributed by atoms with Crippen LogP contribution < -0.4 is 10.1 Å². The molecule has 0 saturated heterocycles. The molecule has 1 N–H and O–H groups in total. The number of hydrogen-bond donors (Lipinski definition) is 1. The van der Waals surface area contributed by atoms with Crippen molar-refractivity contribution in [2.45, 2.75) is 32.0 Å². The number of halogens is 1. The van der Waals surface area contributed by atoms with E-state index in [0.29, 0.717) is 37.5 Å². The summed E-state index contributed by atoms with van der Waals surface area (Å²) in [6.45, 7) is 5.57. The normalized spacial score (nSPS) is 11.8. The van der Waals surface area contributed by atoms with Crippen LogP contribution in [0.1, 0.15) is 39.8 Å². The molecule has 0 aliphatic rings. The number of nitrogens with one attached hydrogen (secondary N) is 1. The number of anilines is 1. The molecule has 0 spiro atoms. The molecule has 2 aromatic heterocycles. The number of thioether (sulfide) groups is 1. The van der Waals surface area contributed by atoms with Gasteiger partial charge in [0.25, 0.3) is 5.91 Å². The molecular weight excluding hydrogens is 484 g/mol. The van der Waals surface area contributed by atoms with Crippen molar-refractivity contribution < 1.29 is 14.3 Å². The predicted octanol–water partition coefficient (Wildman–Crippen LogP) is 4.11. The minimum absolute atomic E-state index is 0.112. The average molecular weight is 509 g/mol. The topological polar surface area (TPSA) is 102 Å². The fraction of sp³-hybridized carbons (Fsp3) is 0.381. The number of aromatic nitrogens is 4. The van der Waals surface area contributed by atoms with Crippen molar-refractivity contribution >= 4 is 51.6 Å². The number of rotatable bonds is 8.